The summed E-state index contributed by atoms with van der Waals surface area (Å²) in [6.07, 6.45) is 4.00. The Morgan fingerprint density at radius 2 is 1.80 bits per heavy atom. The largest absolute Gasteiger partial charge is 0.478 e. The molecule has 1 N–H and O–H groups in total. The van der Waals surface area contributed by atoms with Gasteiger partial charge < -0.3 is 9.51 Å². The van der Waals surface area contributed by atoms with E-state index in [1.54, 1.807) is 12.1 Å². The van der Waals surface area contributed by atoms with Gasteiger partial charge in [-0.25, -0.2) is 9.78 Å². The number of imidazole rings is 1. The van der Waals surface area contributed by atoms with Crippen molar-refractivity contribution in [1.82, 2.24) is 9.38 Å². The van der Waals surface area contributed by atoms with Crippen molar-refractivity contribution in [2.45, 2.75) is 13.8 Å². The second-order valence-electron chi connectivity index (χ2n) is 4.91. The summed E-state index contributed by atoms with van der Waals surface area (Å²) in [6, 6.07) is 8.96. The molecule has 0 atom stereocenters. The molecule has 0 unspecified atom stereocenters. The highest BCUT2D eigenvalue weighted by Gasteiger charge is 2.07. The molecular formula is C16H14N2O2. The van der Waals surface area contributed by atoms with Crippen LogP contribution in [0, 0.1) is 13.8 Å². The molecule has 1 aromatic carbocycles. The van der Waals surface area contributed by atoms with Gasteiger partial charge in [-0.2, -0.15) is 0 Å². The van der Waals surface area contributed by atoms with Crippen LogP contribution in [0.2, 0.25) is 0 Å². The molecule has 3 rings (SSSR count). The number of benzene rings is 1. The second kappa shape index (κ2) is 4.49. The van der Waals surface area contributed by atoms with Gasteiger partial charge >= 0.3 is 5.97 Å². The maximum absolute atomic E-state index is 10.9. The van der Waals surface area contributed by atoms with Crippen molar-refractivity contribution in [2.24, 2.45) is 0 Å². The number of carboxylic acid groups (broad SMARTS) is 1. The van der Waals surface area contributed by atoms with E-state index < -0.39 is 5.97 Å². The van der Waals surface area contributed by atoms with Gasteiger partial charge in [-0.3, -0.25) is 0 Å². The molecule has 0 fully saturated rings. The molecule has 0 saturated heterocycles. The first-order chi connectivity index (χ1) is 9.54. The molecule has 100 valence electrons. The molecule has 0 radical (unpaired) electrons. The van der Waals surface area contributed by atoms with Gasteiger partial charge in [-0.15, -0.1) is 0 Å². The minimum absolute atomic E-state index is 0.296. The van der Waals surface area contributed by atoms with E-state index in [1.807, 2.05) is 42.8 Å². The van der Waals surface area contributed by atoms with Crippen molar-refractivity contribution >= 4 is 11.6 Å². The van der Waals surface area contributed by atoms with Crippen molar-refractivity contribution in [2.75, 3.05) is 0 Å². The quantitative estimate of drug-likeness (QED) is 0.774. The van der Waals surface area contributed by atoms with E-state index in [2.05, 4.69) is 11.1 Å². The third-order valence-corrected chi connectivity index (χ3v) is 3.32. The topological polar surface area (TPSA) is 54.6 Å². The lowest BCUT2D eigenvalue weighted by molar-refractivity contribution is 0.0697. The Bertz CT molecular complexity index is 801. The van der Waals surface area contributed by atoms with Crippen molar-refractivity contribution in [3.63, 3.8) is 0 Å². The maximum atomic E-state index is 10.9. The Morgan fingerprint density at radius 1 is 1.10 bits per heavy atom. The number of fused-ring (bicyclic) bond motifs is 1. The number of hydrogen-bond donors (Lipinski definition) is 1. The fraction of sp³-hybridized carbons (Fsp3) is 0.125. The van der Waals surface area contributed by atoms with Crippen LogP contribution >= 0.6 is 0 Å². The van der Waals surface area contributed by atoms with Crippen LogP contribution in [0.15, 0.2) is 42.7 Å². The molecule has 3 aromatic rings. The SMILES string of the molecule is Cc1cn2cc(-c3ccc(C(=O)O)cc3)cc(C)c2n1. The molecule has 4 heteroatoms. The zero-order valence-electron chi connectivity index (χ0n) is 11.3. The number of carboxylic acids is 1. The third-order valence-electron chi connectivity index (χ3n) is 3.32. The predicted octanol–water partition coefficient (Wildman–Crippen LogP) is 3.32. The molecule has 0 saturated carbocycles. The van der Waals surface area contributed by atoms with E-state index in [9.17, 15) is 4.79 Å². The summed E-state index contributed by atoms with van der Waals surface area (Å²) in [5.41, 5.74) is 5.36. The van der Waals surface area contributed by atoms with Crippen molar-refractivity contribution in [3.8, 4) is 11.1 Å². The Labute approximate surface area is 116 Å². The summed E-state index contributed by atoms with van der Waals surface area (Å²) in [6.45, 7) is 3.99. The first-order valence-electron chi connectivity index (χ1n) is 6.34. The van der Waals surface area contributed by atoms with Gasteiger partial charge in [-0.1, -0.05) is 12.1 Å². The van der Waals surface area contributed by atoms with E-state index in [0.29, 0.717) is 5.56 Å². The summed E-state index contributed by atoms with van der Waals surface area (Å²) in [5.74, 6) is -0.909. The lowest BCUT2D eigenvalue weighted by Gasteiger charge is -2.06. The molecular weight excluding hydrogens is 252 g/mol. The molecule has 0 bridgehead atoms. The van der Waals surface area contributed by atoms with Crippen LogP contribution in [-0.4, -0.2) is 20.5 Å². The van der Waals surface area contributed by atoms with Crippen LogP contribution in [0.25, 0.3) is 16.8 Å². The average molecular weight is 266 g/mol. The van der Waals surface area contributed by atoms with Gasteiger partial charge in [0.25, 0.3) is 0 Å². The Hall–Kier alpha value is -2.62. The standard InChI is InChI=1S/C16H14N2O2/c1-10-7-14(9-18-8-11(2)17-15(10)18)12-3-5-13(6-4-12)16(19)20/h3-9H,1-2H3,(H,19,20). The van der Waals surface area contributed by atoms with Crippen LogP contribution in [0.1, 0.15) is 21.6 Å². The first kappa shape index (κ1) is 12.4. The third kappa shape index (κ3) is 2.05. The molecule has 0 aliphatic heterocycles. The van der Waals surface area contributed by atoms with Crippen LogP contribution in [-0.2, 0) is 0 Å². The van der Waals surface area contributed by atoms with E-state index in [1.165, 1.54) is 0 Å². The zero-order valence-corrected chi connectivity index (χ0v) is 11.3. The summed E-state index contributed by atoms with van der Waals surface area (Å²) in [7, 11) is 0. The summed E-state index contributed by atoms with van der Waals surface area (Å²) >= 11 is 0. The molecule has 0 aliphatic rings. The highest BCUT2D eigenvalue weighted by Crippen LogP contribution is 2.23. The molecule has 2 heterocycles. The van der Waals surface area contributed by atoms with Crippen LogP contribution < -0.4 is 0 Å². The van der Waals surface area contributed by atoms with Gasteiger partial charge in [0.1, 0.15) is 5.65 Å². The Morgan fingerprint density at radius 3 is 2.45 bits per heavy atom. The molecule has 0 amide bonds. The minimum atomic E-state index is -0.909. The number of aromatic carboxylic acids is 1. The Kier molecular flexibility index (Phi) is 2.79. The normalized spacial score (nSPS) is 10.9. The number of aromatic nitrogens is 2. The van der Waals surface area contributed by atoms with Gasteiger partial charge in [0.15, 0.2) is 0 Å². The highest BCUT2D eigenvalue weighted by molar-refractivity contribution is 5.88. The molecule has 4 nitrogen and oxygen atoms in total. The van der Waals surface area contributed by atoms with E-state index >= 15 is 0 Å². The Balaban J connectivity index is 2.11. The second-order valence-corrected chi connectivity index (χ2v) is 4.91. The summed E-state index contributed by atoms with van der Waals surface area (Å²) in [4.78, 5) is 15.3. The summed E-state index contributed by atoms with van der Waals surface area (Å²) in [5, 5.41) is 8.92. The van der Waals surface area contributed by atoms with E-state index in [0.717, 1.165) is 28.0 Å². The predicted molar refractivity (Wildman–Crippen MR) is 77.1 cm³/mol. The monoisotopic (exact) mass is 266 g/mol. The molecule has 0 aliphatic carbocycles. The lowest BCUT2D eigenvalue weighted by Crippen LogP contribution is -1.95. The van der Waals surface area contributed by atoms with Gasteiger partial charge in [0.2, 0.25) is 0 Å². The minimum Gasteiger partial charge on any atom is -0.478 e. The van der Waals surface area contributed by atoms with Crippen LogP contribution in [0.4, 0.5) is 0 Å². The number of aryl methyl sites for hydroxylation is 2. The van der Waals surface area contributed by atoms with Crippen LogP contribution in [0.5, 0.6) is 0 Å². The van der Waals surface area contributed by atoms with Gasteiger partial charge in [-0.05, 0) is 48.7 Å². The summed E-state index contributed by atoms with van der Waals surface area (Å²) < 4.78 is 2.01. The van der Waals surface area contributed by atoms with Crippen molar-refractivity contribution in [1.29, 1.82) is 0 Å². The molecule has 2 aromatic heterocycles. The van der Waals surface area contributed by atoms with E-state index in [4.69, 9.17) is 5.11 Å². The van der Waals surface area contributed by atoms with Crippen LogP contribution in [0.3, 0.4) is 0 Å². The maximum Gasteiger partial charge on any atom is 0.335 e. The number of hydrogen-bond acceptors (Lipinski definition) is 2. The number of rotatable bonds is 2. The molecule has 20 heavy (non-hydrogen) atoms. The fourth-order valence-electron chi connectivity index (χ4n) is 2.35. The van der Waals surface area contributed by atoms with Gasteiger partial charge in [0, 0.05) is 12.4 Å². The highest BCUT2D eigenvalue weighted by atomic mass is 16.4. The van der Waals surface area contributed by atoms with Gasteiger partial charge in [0.05, 0.1) is 11.3 Å². The molecule has 0 spiro atoms. The van der Waals surface area contributed by atoms with Crippen molar-refractivity contribution in [3.05, 3.63) is 59.5 Å². The number of carbonyl (C=O) groups is 1. The zero-order chi connectivity index (χ0) is 14.3. The van der Waals surface area contributed by atoms with Crippen molar-refractivity contribution < 1.29 is 9.90 Å². The smallest absolute Gasteiger partial charge is 0.335 e. The van der Waals surface area contributed by atoms with E-state index in [-0.39, 0.29) is 0 Å². The number of nitrogens with zero attached hydrogens (tertiary/aromatic N) is 2. The average Bonchev–Trinajstić information content (AvgIpc) is 2.80. The fourth-order valence-corrected chi connectivity index (χ4v) is 2.35. The lowest BCUT2D eigenvalue weighted by atomic mass is 10.0. The number of pyridine rings is 1. The first-order valence-corrected chi connectivity index (χ1v) is 6.34.